The van der Waals surface area contributed by atoms with E-state index in [4.69, 9.17) is 0 Å². The van der Waals surface area contributed by atoms with Gasteiger partial charge in [0.05, 0.1) is 0 Å². The largest absolute Gasteiger partial charge is 0.295 e. The Morgan fingerprint density at radius 3 is 2.27 bits per heavy atom. The van der Waals surface area contributed by atoms with E-state index in [1.807, 2.05) is 29.4 Å². The van der Waals surface area contributed by atoms with Crippen LogP contribution in [0.2, 0.25) is 0 Å². The van der Waals surface area contributed by atoms with Crippen LogP contribution in [0.25, 0.3) is 0 Å². The van der Waals surface area contributed by atoms with Gasteiger partial charge in [-0.2, -0.15) is 0 Å². The predicted octanol–water partition coefficient (Wildman–Crippen LogP) is 2.96. The molecule has 0 saturated heterocycles. The Hall–Kier alpha value is -0.796. The first-order valence-corrected chi connectivity index (χ1v) is 7.41. The van der Waals surface area contributed by atoms with Crippen molar-refractivity contribution in [2.75, 3.05) is 0 Å². The van der Waals surface area contributed by atoms with Crippen molar-refractivity contribution in [3.8, 4) is 0 Å². The third-order valence-corrected chi connectivity index (χ3v) is 3.84. The number of ketones is 1. The molecule has 1 heterocycles. The third-order valence-electron chi connectivity index (χ3n) is 3.84. The van der Waals surface area contributed by atoms with Gasteiger partial charge in [-0.25, -0.2) is 9.13 Å². The molecule has 0 aliphatic rings. The molecule has 1 radical (unpaired) electrons. The fraction of sp³-hybridized carbons (Fsp3) is 0.444. The van der Waals surface area contributed by atoms with Crippen molar-refractivity contribution in [1.82, 2.24) is 4.57 Å². The van der Waals surface area contributed by atoms with Crippen LogP contribution in [0.5, 0.6) is 0 Å². The number of aromatic nitrogens is 2. The van der Waals surface area contributed by atoms with Crippen LogP contribution in [0.1, 0.15) is 37.5 Å². The molecule has 0 N–H and O–H groups in total. The number of nitrogens with zero attached hydrogens (tertiary/aromatic N) is 2. The molecular weight excluding hydrogens is 349 g/mol. The molecule has 2 rings (SSSR count). The summed E-state index contributed by atoms with van der Waals surface area (Å²) in [6.45, 7) is 11.0. The molecule has 0 amide bonds. The predicted molar refractivity (Wildman–Crippen MR) is 84.3 cm³/mol. The van der Waals surface area contributed by atoms with Gasteiger partial charge in [-0.05, 0) is 51.3 Å². The second-order valence-corrected chi connectivity index (χ2v) is 6.75. The Morgan fingerprint density at radius 2 is 1.77 bits per heavy atom. The number of carbonyl (C=O) groups is 1. The molecule has 1 aromatic heterocycles. The first-order chi connectivity index (χ1) is 9.77. The average Bonchev–Trinajstić information content (AvgIpc) is 2.82. The fourth-order valence-electron chi connectivity index (χ4n) is 2.47. The molecule has 0 unspecified atom stereocenters. The van der Waals surface area contributed by atoms with Crippen molar-refractivity contribution in [2.24, 2.45) is 0 Å². The molecule has 22 heavy (non-hydrogen) atoms. The molecule has 0 fully saturated rings. The molecule has 3 nitrogen and oxygen atoms in total. The van der Waals surface area contributed by atoms with Crippen LogP contribution in [0.4, 0.5) is 0 Å². The van der Waals surface area contributed by atoms with Crippen LogP contribution in [-0.4, -0.2) is 10.4 Å². The van der Waals surface area contributed by atoms with Gasteiger partial charge in [0, 0.05) is 39.1 Å². The summed E-state index contributed by atoms with van der Waals surface area (Å²) in [6.07, 6.45) is 6.50. The monoisotopic (exact) mass is 374 g/mol. The first-order valence-electron chi connectivity index (χ1n) is 7.41. The Balaban J connectivity index is 0.00000242. The van der Waals surface area contributed by atoms with Gasteiger partial charge in [-0.1, -0.05) is 18.2 Å². The molecule has 0 aliphatic heterocycles. The van der Waals surface area contributed by atoms with Crippen molar-refractivity contribution in [3.63, 3.8) is 0 Å². The van der Waals surface area contributed by atoms with E-state index in [2.05, 4.69) is 51.3 Å². The van der Waals surface area contributed by atoms with Crippen LogP contribution >= 0.6 is 0 Å². The number of benzene rings is 1. The van der Waals surface area contributed by atoms with E-state index in [-0.39, 0.29) is 44.0 Å². The van der Waals surface area contributed by atoms with Gasteiger partial charge < -0.3 is 0 Å². The van der Waals surface area contributed by atoms with E-state index in [0.29, 0.717) is 13.0 Å². The molecule has 0 saturated carbocycles. The van der Waals surface area contributed by atoms with Crippen molar-refractivity contribution in [2.45, 2.75) is 53.1 Å². The van der Waals surface area contributed by atoms with E-state index >= 15 is 0 Å². The number of hydrogen-bond acceptors (Lipinski definition) is 1. The quantitative estimate of drug-likeness (QED) is 0.756. The fourth-order valence-corrected chi connectivity index (χ4v) is 2.47. The van der Waals surface area contributed by atoms with E-state index in [1.165, 1.54) is 16.7 Å². The van der Waals surface area contributed by atoms with E-state index in [0.717, 1.165) is 0 Å². The van der Waals surface area contributed by atoms with Gasteiger partial charge in [0.15, 0.2) is 5.78 Å². The van der Waals surface area contributed by atoms with Crippen LogP contribution in [-0.2, 0) is 56.0 Å². The topological polar surface area (TPSA) is 25.9 Å². The molecule has 0 atom stereocenters. The maximum absolute atomic E-state index is 12.3. The SMILES string of the molecule is Cc1cccc(C)c1CC(=O)C[n+]1ccn(C(C)(C)C)c1.[Y]. The second kappa shape index (κ2) is 7.65. The standard InChI is InChI=1S/C18H25N2O.Y/c1-14-7-6-8-15(2)17(14)11-16(21)12-19-9-10-20(13-19)18(3,4)5;/h6-10,13H,11-12H2,1-5H3;/q+1;. The van der Waals surface area contributed by atoms with Crippen LogP contribution in [0, 0.1) is 13.8 Å². The van der Waals surface area contributed by atoms with Crippen LogP contribution < -0.4 is 4.57 Å². The molecule has 115 valence electrons. The van der Waals surface area contributed by atoms with Crippen LogP contribution in [0.3, 0.4) is 0 Å². The minimum Gasteiger partial charge on any atom is -0.295 e. The van der Waals surface area contributed by atoms with E-state index in [1.54, 1.807) is 0 Å². The number of imidazole rings is 1. The number of carbonyl (C=O) groups excluding carboxylic acids is 1. The van der Waals surface area contributed by atoms with E-state index in [9.17, 15) is 4.79 Å². The normalized spacial score (nSPS) is 11.1. The van der Waals surface area contributed by atoms with Gasteiger partial charge in [0.2, 0.25) is 6.33 Å². The van der Waals surface area contributed by atoms with Crippen molar-refractivity contribution < 1.29 is 42.1 Å². The number of Topliss-reactive ketones (excluding diaryl/α,β-unsaturated/α-hetero) is 1. The Labute approximate surface area is 158 Å². The number of hydrogen-bond donors (Lipinski definition) is 0. The summed E-state index contributed by atoms with van der Waals surface area (Å²) < 4.78 is 4.08. The van der Waals surface area contributed by atoms with Gasteiger partial charge in [0.25, 0.3) is 0 Å². The maximum atomic E-state index is 12.3. The molecule has 0 bridgehead atoms. The first kappa shape index (κ1) is 19.3. The van der Waals surface area contributed by atoms with Gasteiger partial charge >= 0.3 is 0 Å². The summed E-state index contributed by atoms with van der Waals surface area (Å²) in [5.41, 5.74) is 3.60. The summed E-state index contributed by atoms with van der Waals surface area (Å²) in [5.74, 6) is 0.240. The molecular formula is C18H25N2OY+. The second-order valence-electron chi connectivity index (χ2n) is 6.75. The molecule has 0 spiro atoms. The summed E-state index contributed by atoms with van der Waals surface area (Å²) in [4.78, 5) is 12.3. The Morgan fingerprint density at radius 1 is 1.18 bits per heavy atom. The van der Waals surface area contributed by atoms with E-state index < -0.39 is 0 Å². The molecule has 1 aromatic carbocycles. The Bertz CT molecular complexity index is 633. The zero-order valence-corrected chi connectivity index (χ0v) is 17.1. The van der Waals surface area contributed by atoms with Crippen molar-refractivity contribution in [3.05, 3.63) is 53.6 Å². The van der Waals surface area contributed by atoms with Crippen molar-refractivity contribution >= 4 is 5.78 Å². The maximum Gasteiger partial charge on any atom is 0.244 e. The molecule has 2 aromatic rings. The third kappa shape index (κ3) is 4.86. The molecule has 4 heteroatoms. The van der Waals surface area contributed by atoms with Gasteiger partial charge in [-0.3, -0.25) is 4.79 Å². The smallest absolute Gasteiger partial charge is 0.244 e. The Kier molecular flexibility index (Phi) is 6.70. The minimum atomic E-state index is 0. The average molecular weight is 374 g/mol. The van der Waals surface area contributed by atoms with Crippen molar-refractivity contribution in [1.29, 1.82) is 0 Å². The summed E-state index contributed by atoms with van der Waals surface area (Å²) in [7, 11) is 0. The number of rotatable bonds is 4. The zero-order valence-electron chi connectivity index (χ0n) is 14.3. The summed E-state index contributed by atoms with van der Waals surface area (Å²) >= 11 is 0. The van der Waals surface area contributed by atoms with Gasteiger partial charge in [0.1, 0.15) is 24.5 Å². The van der Waals surface area contributed by atoms with Crippen LogP contribution in [0.15, 0.2) is 36.9 Å². The summed E-state index contributed by atoms with van der Waals surface area (Å²) in [6, 6.07) is 6.18. The minimum absolute atomic E-state index is 0. The van der Waals surface area contributed by atoms with Gasteiger partial charge in [-0.15, -0.1) is 0 Å². The molecule has 0 aliphatic carbocycles. The number of aryl methyl sites for hydroxylation is 2. The zero-order chi connectivity index (χ0) is 15.6. The summed E-state index contributed by atoms with van der Waals surface area (Å²) in [5, 5.41) is 0.